The van der Waals surface area contributed by atoms with Gasteiger partial charge in [0.15, 0.2) is 0 Å². The minimum Gasteiger partial charge on any atom is -0.354 e. The van der Waals surface area contributed by atoms with Gasteiger partial charge in [-0.1, -0.05) is 57.1 Å². The lowest BCUT2D eigenvalue weighted by atomic mass is 9.86. The minimum atomic E-state index is -0.0303. The topological polar surface area (TPSA) is 15.8 Å². The summed E-state index contributed by atoms with van der Waals surface area (Å²) in [4.78, 5) is 3.47. The highest BCUT2D eigenvalue weighted by Gasteiger charge is 2.18. The van der Waals surface area contributed by atoms with Crippen molar-refractivity contribution >= 4 is 21.8 Å². The van der Waals surface area contributed by atoms with E-state index in [-0.39, 0.29) is 5.41 Å². The third-order valence-corrected chi connectivity index (χ3v) is 3.22. The third kappa shape index (κ3) is 1.54. The van der Waals surface area contributed by atoms with Crippen LogP contribution in [0.15, 0.2) is 42.4 Å². The van der Waals surface area contributed by atoms with Crippen LogP contribution in [0, 0.1) is 0 Å². The van der Waals surface area contributed by atoms with E-state index in [0.29, 0.717) is 6.04 Å². The highest BCUT2D eigenvalue weighted by atomic mass is 14.7. The molecule has 3 rings (SSSR count). The van der Waals surface area contributed by atoms with Gasteiger partial charge in [-0.25, -0.2) is 0 Å². The fourth-order valence-electron chi connectivity index (χ4n) is 2.41. The summed E-state index contributed by atoms with van der Waals surface area (Å²) in [5, 5.41) is 2.45. The van der Waals surface area contributed by atoms with Crippen molar-refractivity contribution < 1.29 is 1.37 Å². The molecule has 1 heterocycles. The van der Waals surface area contributed by atoms with Crippen LogP contribution >= 0.6 is 0 Å². The van der Waals surface area contributed by atoms with Gasteiger partial charge >= 0.3 is 0 Å². The van der Waals surface area contributed by atoms with E-state index in [4.69, 9.17) is 1.37 Å². The summed E-state index contributed by atoms with van der Waals surface area (Å²) in [7, 11) is 0. The number of nitrogens with one attached hydrogen (secondary N) is 1. The summed E-state index contributed by atoms with van der Waals surface area (Å²) in [5.74, 6) is 0. The van der Waals surface area contributed by atoms with E-state index in [2.05, 4.69) is 44.0 Å². The fourth-order valence-corrected chi connectivity index (χ4v) is 2.41. The van der Waals surface area contributed by atoms with Gasteiger partial charge in [-0.05, 0) is 17.0 Å². The maximum atomic E-state index is 8.16. The Kier molecular flexibility index (Phi) is 1.84. The molecule has 0 aliphatic rings. The monoisotopic (exact) mass is 224 g/mol. The van der Waals surface area contributed by atoms with Crippen LogP contribution in [0.1, 0.15) is 27.7 Å². The van der Waals surface area contributed by atoms with Crippen LogP contribution in [0.5, 0.6) is 0 Å². The van der Waals surface area contributed by atoms with Crippen LogP contribution in [0.3, 0.4) is 0 Å². The van der Waals surface area contributed by atoms with Gasteiger partial charge in [0.1, 0.15) is 0 Å². The Balaban J connectivity index is 2.52. The molecule has 1 heteroatoms. The number of H-pyrrole nitrogens is 1. The Morgan fingerprint density at radius 2 is 1.71 bits per heavy atom. The summed E-state index contributed by atoms with van der Waals surface area (Å²) in [5.41, 5.74) is 3.31. The summed E-state index contributed by atoms with van der Waals surface area (Å²) in [6, 6.07) is 12.9. The Morgan fingerprint density at radius 1 is 1.00 bits per heavy atom. The second-order valence-electron chi connectivity index (χ2n) is 5.56. The number of aromatic nitrogens is 1. The van der Waals surface area contributed by atoms with Gasteiger partial charge < -0.3 is 4.98 Å². The molecule has 0 saturated heterocycles. The minimum absolute atomic E-state index is 0.0303. The van der Waals surface area contributed by atoms with E-state index in [0.717, 1.165) is 16.6 Å². The second-order valence-corrected chi connectivity index (χ2v) is 5.56. The lowest BCUT2D eigenvalue weighted by molar-refractivity contribution is 0.595. The van der Waals surface area contributed by atoms with Crippen LogP contribution in [0.2, 0.25) is 0 Å². The van der Waals surface area contributed by atoms with Gasteiger partial charge in [0, 0.05) is 16.3 Å². The van der Waals surface area contributed by atoms with Gasteiger partial charge in [0.2, 0.25) is 0 Å². The molecule has 0 fully saturated rings. The van der Waals surface area contributed by atoms with Crippen LogP contribution in [-0.2, 0) is 5.41 Å². The lowest BCUT2D eigenvalue weighted by Crippen LogP contribution is -2.11. The average molecular weight is 224 g/mol. The van der Waals surface area contributed by atoms with Gasteiger partial charge in [0.25, 0.3) is 0 Å². The molecule has 3 aromatic rings. The van der Waals surface area contributed by atoms with Crippen molar-refractivity contribution in [3.05, 3.63) is 48.0 Å². The lowest BCUT2D eigenvalue weighted by Gasteiger charge is -2.19. The Morgan fingerprint density at radius 3 is 2.47 bits per heavy atom. The molecule has 0 atom stereocenters. The summed E-state index contributed by atoms with van der Waals surface area (Å²) in [6.07, 6.45) is 0. The average Bonchev–Trinajstić information content (AvgIpc) is 2.64. The first-order valence-corrected chi connectivity index (χ1v) is 5.99. The summed E-state index contributed by atoms with van der Waals surface area (Å²) >= 11 is 0. The van der Waals surface area contributed by atoms with E-state index in [9.17, 15) is 0 Å². The van der Waals surface area contributed by atoms with E-state index < -0.39 is 0 Å². The number of benzene rings is 2. The van der Waals surface area contributed by atoms with Crippen LogP contribution in [-0.4, -0.2) is 4.98 Å². The standard InChI is InChI=1S/C16H17N/c1-16(2,3)13-9-6-8-12-11-7-4-5-10-14(11)17-15(12)13/h4-10,17H,1-3H3/i9D. The largest absolute Gasteiger partial charge is 0.354 e. The number of aromatic amines is 1. The van der Waals surface area contributed by atoms with Gasteiger partial charge in [-0.2, -0.15) is 0 Å². The molecule has 0 unspecified atom stereocenters. The van der Waals surface area contributed by atoms with Crippen LogP contribution in [0.25, 0.3) is 21.8 Å². The molecule has 1 nitrogen and oxygen atoms in total. The molecule has 1 N–H and O–H groups in total. The zero-order valence-electron chi connectivity index (χ0n) is 11.5. The smallest absolute Gasteiger partial charge is 0.0627 e. The molecule has 0 bridgehead atoms. The quantitative estimate of drug-likeness (QED) is 0.573. The molecular weight excluding hydrogens is 206 g/mol. The van der Waals surface area contributed by atoms with E-state index in [1.54, 1.807) is 0 Å². The van der Waals surface area contributed by atoms with Gasteiger partial charge in [-0.3, -0.25) is 0 Å². The molecule has 1 aromatic heterocycles. The van der Waals surface area contributed by atoms with E-state index >= 15 is 0 Å². The molecule has 0 aliphatic carbocycles. The van der Waals surface area contributed by atoms with Crippen molar-refractivity contribution in [2.24, 2.45) is 0 Å². The molecule has 86 valence electrons. The normalized spacial score (nSPS) is 13.2. The Labute approximate surface area is 103 Å². The first kappa shape index (κ1) is 9.29. The molecule has 2 aromatic carbocycles. The molecule has 17 heavy (non-hydrogen) atoms. The Bertz CT molecular complexity index is 732. The predicted molar refractivity (Wildman–Crippen MR) is 74.5 cm³/mol. The van der Waals surface area contributed by atoms with E-state index in [1.807, 2.05) is 18.2 Å². The third-order valence-electron chi connectivity index (χ3n) is 3.22. The molecular formula is C16H17N. The second kappa shape index (κ2) is 3.36. The van der Waals surface area contributed by atoms with Gasteiger partial charge in [0.05, 0.1) is 6.89 Å². The van der Waals surface area contributed by atoms with Crippen LogP contribution in [0.4, 0.5) is 0 Å². The van der Waals surface area contributed by atoms with Crippen molar-refractivity contribution in [1.29, 1.82) is 0 Å². The molecule has 0 radical (unpaired) electrons. The zero-order chi connectivity index (χ0) is 12.9. The summed E-state index contributed by atoms with van der Waals surface area (Å²) < 4.78 is 8.16. The fraction of sp³-hybridized carbons (Fsp3) is 0.250. The van der Waals surface area contributed by atoms with Crippen molar-refractivity contribution in [3.8, 4) is 0 Å². The van der Waals surface area contributed by atoms with Crippen molar-refractivity contribution in [2.45, 2.75) is 26.2 Å². The number of fused-ring (bicyclic) bond motifs is 3. The number of para-hydroxylation sites is 2. The van der Waals surface area contributed by atoms with Crippen molar-refractivity contribution in [1.82, 2.24) is 4.98 Å². The molecule has 0 aliphatic heterocycles. The number of hydrogen-bond acceptors (Lipinski definition) is 0. The van der Waals surface area contributed by atoms with E-state index in [1.165, 1.54) is 10.8 Å². The SMILES string of the molecule is [2H]c1ccc2c([nH]c3ccccc32)c1C(C)(C)C. The molecule has 0 amide bonds. The number of rotatable bonds is 0. The maximum Gasteiger partial charge on any atom is 0.0627 e. The summed E-state index contributed by atoms with van der Waals surface area (Å²) in [6.45, 7) is 6.47. The number of hydrogen-bond donors (Lipinski definition) is 1. The van der Waals surface area contributed by atoms with Gasteiger partial charge in [-0.15, -0.1) is 0 Å². The first-order chi connectivity index (χ1) is 8.48. The molecule has 0 saturated carbocycles. The molecule has 0 spiro atoms. The van der Waals surface area contributed by atoms with Crippen molar-refractivity contribution in [2.75, 3.05) is 0 Å². The maximum absolute atomic E-state index is 8.16. The zero-order valence-corrected chi connectivity index (χ0v) is 10.5. The Hall–Kier alpha value is -1.76. The first-order valence-electron chi connectivity index (χ1n) is 6.49. The van der Waals surface area contributed by atoms with Crippen molar-refractivity contribution in [3.63, 3.8) is 0 Å². The van der Waals surface area contributed by atoms with Crippen LogP contribution < -0.4 is 0 Å². The highest BCUT2D eigenvalue weighted by molar-refractivity contribution is 6.08. The highest BCUT2D eigenvalue weighted by Crippen LogP contribution is 2.33. The predicted octanol–water partition coefficient (Wildman–Crippen LogP) is 4.62.